The first-order chi connectivity index (χ1) is 11.7. The van der Waals surface area contributed by atoms with E-state index in [1.54, 1.807) is 0 Å². The van der Waals surface area contributed by atoms with Crippen molar-refractivity contribution in [2.45, 2.75) is 71.4 Å². The van der Waals surface area contributed by atoms with E-state index < -0.39 is 17.7 Å². The molecule has 0 aromatic heterocycles. The maximum Gasteiger partial charge on any atom is 0.289 e. The van der Waals surface area contributed by atoms with E-state index in [4.69, 9.17) is 0 Å². The van der Waals surface area contributed by atoms with Crippen LogP contribution in [0.3, 0.4) is 0 Å². The van der Waals surface area contributed by atoms with Gasteiger partial charge in [-0.3, -0.25) is 19.2 Å². The molecule has 1 saturated heterocycles. The van der Waals surface area contributed by atoms with Gasteiger partial charge in [0, 0.05) is 24.9 Å². The van der Waals surface area contributed by atoms with Crippen LogP contribution in [0, 0.1) is 11.3 Å². The Morgan fingerprint density at radius 2 is 1.88 bits per heavy atom. The average Bonchev–Trinajstić information content (AvgIpc) is 3.24. The second kappa shape index (κ2) is 7.97. The Kier molecular flexibility index (Phi) is 6.19. The maximum atomic E-state index is 12.5. The largest absolute Gasteiger partial charge is 0.356 e. The summed E-state index contributed by atoms with van der Waals surface area (Å²) in [7, 11) is 0. The van der Waals surface area contributed by atoms with Crippen LogP contribution in [0.2, 0.25) is 0 Å². The fourth-order valence-corrected chi connectivity index (χ4v) is 2.78. The monoisotopic (exact) mass is 351 g/mol. The van der Waals surface area contributed by atoms with Gasteiger partial charge in [-0.05, 0) is 37.5 Å². The second-order valence-electron chi connectivity index (χ2n) is 8.31. The Balaban J connectivity index is 1.97. The highest BCUT2D eigenvalue weighted by molar-refractivity contribution is 6.38. The fourth-order valence-electron chi connectivity index (χ4n) is 2.78. The lowest BCUT2D eigenvalue weighted by Gasteiger charge is -2.21. The molecular formula is C18H29N3O4. The summed E-state index contributed by atoms with van der Waals surface area (Å²) in [6.45, 7) is 6.68. The van der Waals surface area contributed by atoms with E-state index in [1.165, 1.54) is 0 Å². The number of nitrogens with one attached hydrogen (secondary N) is 3. The minimum absolute atomic E-state index is 0.00549. The number of amides is 3. The molecule has 1 heterocycles. The van der Waals surface area contributed by atoms with E-state index in [0.717, 1.165) is 12.8 Å². The third-order valence-corrected chi connectivity index (χ3v) is 4.57. The molecule has 0 bridgehead atoms. The van der Waals surface area contributed by atoms with Crippen molar-refractivity contribution < 1.29 is 19.2 Å². The minimum Gasteiger partial charge on any atom is -0.356 e. The first-order valence-corrected chi connectivity index (χ1v) is 9.07. The molecule has 2 aliphatic rings. The van der Waals surface area contributed by atoms with Crippen LogP contribution in [0.4, 0.5) is 0 Å². The molecule has 25 heavy (non-hydrogen) atoms. The molecule has 7 nitrogen and oxygen atoms in total. The van der Waals surface area contributed by atoms with Gasteiger partial charge in [0.2, 0.25) is 17.6 Å². The first kappa shape index (κ1) is 19.4. The van der Waals surface area contributed by atoms with Crippen molar-refractivity contribution in [3.63, 3.8) is 0 Å². The molecule has 1 aliphatic carbocycles. The average molecular weight is 351 g/mol. The van der Waals surface area contributed by atoms with Gasteiger partial charge in [0.05, 0.1) is 6.04 Å². The van der Waals surface area contributed by atoms with E-state index >= 15 is 0 Å². The number of rotatable bonds is 8. The minimum atomic E-state index is -0.944. The summed E-state index contributed by atoms with van der Waals surface area (Å²) in [4.78, 5) is 48.6. The highest BCUT2D eigenvalue weighted by Crippen LogP contribution is 2.22. The van der Waals surface area contributed by atoms with Crippen molar-refractivity contribution in [2.75, 3.05) is 6.54 Å². The molecule has 0 radical (unpaired) electrons. The smallest absolute Gasteiger partial charge is 0.289 e. The summed E-state index contributed by atoms with van der Waals surface area (Å²) >= 11 is 0. The molecular weight excluding hydrogens is 322 g/mol. The Hall–Kier alpha value is -1.92. The number of Topliss-reactive ketones (excluding diaryl/α,β-unsaturated/α-hetero) is 1. The van der Waals surface area contributed by atoms with E-state index in [9.17, 15) is 19.2 Å². The summed E-state index contributed by atoms with van der Waals surface area (Å²) in [6, 6.07) is -0.872. The molecule has 0 spiro atoms. The number of hydrogen-bond acceptors (Lipinski definition) is 4. The summed E-state index contributed by atoms with van der Waals surface area (Å²) < 4.78 is 0. The van der Waals surface area contributed by atoms with Gasteiger partial charge in [0.25, 0.3) is 5.91 Å². The lowest BCUT2D eigenvalue weighted by Crippen LogP contribution is -2.49. The normalized spacial score (nSPS) is 21.4. The zero-order valence-corrected chi connectivity index (χ0v) is 15.3. The van der Waals surface area contributed by atoms with Crippen molar-refractivity contribution in [3.8, 4) is 0 Å². The maximum absolute atomic E-state index is 12.5. The fraction of sp³-hybridized carbons (Fsp3) is 0.778. The molecule has 2 rings (SSSR count). The van der Waals surface area contributed by atoms with Gasteiger partial charge < -0.3 is 16.0 Å². The third-order valence-electron chi connectivity index (χ3n) is 4.57. The first-order valence-electron chi connectivity index (χ1n) is 9.07. The highest BCUT2D eigenvalue weighted by atomic mass is 16.2. The van der Waals surface area contributed by atoms with E-state index in [2.05, 4.69) is 16.0 Å². The molecule has 0 aromatic carbocycles. The van der Waals surface area contributed by atoms with Crippen LogP contribution in [-0.4, -0.2) is 42.1 Å². The third kappa shape index (κ3) is 6.48. The van der Waals surface area contributed by atoms with Crippen molar-refractivity contribution in [1.29, 1.82) is 0 Å². The van der Waals surface area contributed by atoms with Gasteiger partial charge in [-0.25, -0.2) is 0 Å². The molecule has 1 aliphatic heterocycles. The molecule has 2 atom stereocenters. The van der Waals surface area contributed by atoms with Crippen LogP contribution in [0.15, 0.2) is 0 Å². The molecule has 3 N–H and O–H groups in total. The van der Waals surface area contributed by atoms with Gasteiger partial charge in [-0.15, -0.1) is 0 Å². The van der Waals surface area contributed by atoms with Crippen LogP contribution in [0.25, 0.3) is 0 Å². The SMILES string of the molecule is CC(C)(C)CCC(=O)NC(C[C@@H]1CCNC1=O)C(=O)C(=O)NC1CC1. The van der Waals surface area contributed by atoms with Gasteiger partial charge in [-0.2, -0.15) is 0 Å². The zero-order chi connectivity index (χ0) is 18.6. The van der Waals surface area contributed by atoms with Crippen LogP contribution in [0.1, 0.15) is 59.3 Å². The highest BCUT2D eigenvalue weighted by Gasteiger charge is 2.35. The predicted molar refractivity (Wildman–Crippen MR) is 92.5 cm³/mol. The Bertz CT molecular complexity index is 549. The lowest BCUT2D eigenvalue weighted by atomic mass is 9.90. The second-order valence-corrected chi connectivity index (χ2v) is 8.31. The lowest BCUT2D eigenvalue weighted by molar-refractivity contribution is -0.140. The zero-order valence-electron chi connectivity index (χ0n) is 15.3. The summed E-state index contributed by atoms with van der Waals surface area (Å²) in [5, 5.41) is 8.06. The summed E-state index contributed by atoms with van der Waals surface area (Å²) in [5.41, 5.74) is 0.00549. The van der Waals surface area contributed by atoms with Crippen molar-refractivity contribution in [2.24, 2.45) is 11.3 Å². The van der Waals surface area contributed by atoms with Gasteiger partial charge >= 0.3 is 0 Å². The van der Waals surface area contributed by atoms with Gasteiger partial charge in [-0.1, -0.05) is 20.8 Å². The summed E-state index contributed by atoms with van der Waals surface area (Å²) in [6.07, 6.45) is 3.51. The Morgan fingerprint density at radius 1 is 1.20 bits per heavy atom. The Morgan fingerprint density at radius 3 is 2.40 bits per heavy atom. The van der Waals surface area contributed by atoms with Gasteiger partial charge in [0.1, 0.15) is 0 Å². The number of hydrogen-bond donors (Lipinski definition) is 3. The van der Waals surface area contributed by atoms with Crippen molar-refractivity contribution in [1.82, 2.24) is 16.0 Å². The van der Waals surface area contributed by atoms with Crippen LogP contribution in [0.5, 0.6) is 0 Å². The summed E-state index contributed by atoms with van der Waals surface area (Å²) in [5.74, 6) is -2.04. The van der Waals surface area contributed by atoms with E-state index in [-0.39, 0.29) is 42.0 Å². The van der Waals surface area contributed by atoms with Gasteiger partial charge in [0.15, 0.2) is 0 Å². The molecule has 1 saturated carbocycles. The standard InChI is InChI=1S/C18H29N3O4/c1-18(2,3)8-6-14(22)21-13(10-11-7-9-19-16(11)24)15(23)17(25)20-12-4-5-12/h11-13H,4-10H2,1-3H3,(H,19,24)(H,20,25)(H,21,22)/t11-,13?/m0/s1. The van der Waals surface area contributed by atoms with Crippen LogP contribution in [-0.2, 0) is 19.2 Å². The predicted octanol–water partition coefficient (Wildman–Crippen LogP) is 0.671. The quantitative estimate of drug-likeness (QED) is 0.559. The van der Waals surface area contributed by atoms with Crippen molar-refractivity contribution in [3.05, 3.63) is 0 Å². The topological polar surface area (TPSA) is 104 Å². The van der Waals surface area contributed by atoms with Crippen molar-refractivity contribution >= 4 is 23.5 Å². The number of carbonyl (C=O) groups is 4. The molecule has 2 fully saturated rings. The molecule has 140 valence electrons. The number of ketones is 1. The molecule has 1 unspecified atom stereocenters. The molecule has 0 aromatic rings. The number of carbonyl (C=O) groups excluding carboxylic acids is 4. The van der Waals surface area contributed by atoms with Crippen LogP contribution < -0.4 is 16.0 Å². The van der Waals surface area contributed by atoms with E-state index in [1.807, 2.05) is 20.8 Å². The molecule has 7 heteroatoms. The Labute approximate surface area is 148 Å². The van der Waals surface area contributed by atoms with E-state index in [0.29, 0.717) is 19.4 Å². The van der Waals surface area contributed by atoms with Crippen LogP contribution >= 0.6 is 0 Å². The molecule has 3 amide bonds.